The van der Waals surface area contributed by atoms with E-state index in [0.29, 0.717) is 22.9 Å². The van der Waals surface area contributed by atoms with Crippen molar-refractivity contribution < 1.29 is 19.4 Å². The fraction of sp³-hybridized carbons (Fsp3) is 0.176. The molecule has 1 N–H and O–H groups in total. The summed E-state index contributed by atoms with van der Waals surface area (Å²) in [4.78, 5) is 24.4. The SMILES string of the molecule is CN(Cc1ccc(OCC(=O)O)cc1)C(=O)c1ccccc1Cl. The lowest BCUT2D eigenvalue weighted by atomic mass is 10.1. The molecule has 0 atom stereocenters. The molecule has 0 spiro atoms. The van der Waals surface area contributed by atoms with Gasteiger partial charge in [-0.1, -0.05) is 35.9 Å². The van der Waals surface area contributed by atoms with Crippen LogP contribution in [-0.2, 0) is 11.3 Å². The number of hydrogen-bond acceptors (Lipinski definition) is 3. The number of benzene rings is 2. The standard InChI is InChI=1S/C17H16ClNO4/c1-19(17(22)14-4-2-3-5-15(14)18)10-12-6-8-13(9-7-12)23-11-16(20)21/h2-9H,10-11H2,1H3,(H,20,21). The summed E-state index contributed by atoms with van der Waals surface area (Å²) in [5.41, 5.74) is 1.36. The van der Waals surface area contributed by atoms with E-state index in [9.17, 15) is 9.59 Å². The van der Waals surface area contributed by atoms with Gasteiger partial charge in [0, 0.05) is 13.6 Å². The second-order valence-electron chi connectivity index (χ2n) is 4.97. The van der Waals surface area contributed by atoms with Gasteiger partial charge < -0.3 is 14.7 Å². The van der Waals surface area contributed by atoms with E-state index in [1.807, 2.05) is 0 Å². The molecule has 1 amide bonds. The van der Waals surface area contributed by atoms with Crippen molar-refractivity contribution in [3.8, 4) is 5.75 Å². The van der Waals surface area contributed by atoms with E-state index in [1.54, 1.807) is 60.5 Å². The van der Waals surface area contributed by atoms with Crippen LogP contribution in [0.4, 0.5) is 0 Å². The molecule has 2 aromatic carbocycles. The van der Waals surface area contributed by atoms with Crippen molar-refractivity contribution in [2.45, 2.75) is 6.54 Å². The van der Waals surface area contributed by atoms with Crippen molar-refractivity contribution >= 4 is 23.5 Å². The van der Waals surface area contributed by atoms with Gasteiger partial charge in [0.2, 0.25) is 0 Å². The highest BCUT2D eigenvalue weighted by molar-refractivity contribution is 6.33. The van der Waals surface area contributed by atoms with Crippen LogP contribution in [0.2, 0.25) is 5.02 Å². The molecular weight excluding hydrogens is 318 g/mol. The molecule has 0 saturated heterocycles. The largest absolute Gasteiger partial charge is 0.482 e. The summed E-state index contributed by atoms with van der Waals surface area (Å²) in [5.74, 6) is -0.725. The van der Waals surface area contributed by atoms with E-state index in [4.69, 9.17) is 21.4 Å². The molecule has 23 heavy (non-hydrogen) atoms. The van der Waals surface area contributed by atoms with Crippen molar-refractivity contribution in [1.29, 1.82) is 0 Å². The van der Waals surface area contributed by atoms with Gasteiger partial charge in [0.05, 0.1) is 10.6 Å². The van der Waals surface area contributed by atoms with E-state index in [1.165, 1.54) is 0 Å². The molecule has 0 aliphatic heterocycles. The van der Waals surface area contributed by atoms with Crippen LogP contribution in [0.3, 0.4) is 0 Å². The normalized spacial score (nSPS) is 10.2. The first-order chi connectivity index (χ1) is 11.0. The van der Waals surface area contributed by atoms with E-state index >= 15 is 0 Å². The number of hydrogen-bond donors (Lipinski definition) is 1. The van der Waals surface area contributed by atoms with Gasteiger partial charge in [-0.15, -0.1) is 0 Å². The highest BCUT2D eigenvalue weighted by Gasteiger charge is 2.14. The van der Waals surface area contributed by atoms with Crippen LogP contribution >= 0.6 is 11.6 Å². The number of carboxylic acids is 1. The molecule has 0 heterocycles. The lowest BCUT2D eigenvalue weighted by Crippen LogP contribution is -2.26. The number of carbonyl (C=O) groups is 2. The van der Waals surface area contributed by atoms with Gasteiger partial charge in [-0.05, 0) is 29.8 Å². The second kappa shape index (κ2) is 7.65. The number of aliphatic carboxylic acids is 1. The van der Waals surface area contributed by atoms with Crippen LogP contribution in [0.5, 0.6) is 5.75 Å². The van der Waals surface area contributed by atoms with Crippen molar-refractivity contribution in [3.05, 3.63) is 64.7 Å². The zero-order chi connectivity index (χ0) is 16.8. The van der Waals surface area contributed by atoms with Gasteiger partial charge in [-0.25, -0.2) is 4.79 Å². The summed E-state index contributed by atoms with van der Waals surface area (Å²) in [7, 11) is 1.69. The Bertz CT molecular complexity index is 700. The molecule has 0 saturated carbocycles. The van der Waals surface area contributed by atoms with E-state index in [0.717, 1.165) is 5.56 Å². The molecule has 0 aromatic heterocycles. The predicted molar refractivity (Wildman–Crippen MR) is 86.8 cm³/mol. The molecule has 120 valence electrons. The molecule has 2 rings (SSSR count). The van der Waals surface area contributed by atoms with Gasteiger partial charge in [0.15, 0.2) is 6.61 Å². The summed E-state index contributed by atoms with van der Waals surface area (Å²) in [5, 5.41) is 8.98. The number of amides is 1. The molecule has 0 fully saturated rings. The average Bonchev–Trinajstić information content (AvgIpc) is 2.54. The maximum absolute atomic E-state index is 12.4. The van der Waals surface area contributed by atoms with Crippen molar-refractivity contribution in [3.63, 3.8) is 0 Å². The Labute approximate surface area is 139 Å². The van der Waals surface area contributed by atoms with Crippen molar-refractivity contribution in [1.82, 2.24) is 4.90 Å². The molecule has 0 radical (unpaired) electrons. The summed E-state index contributed by atoms with van der Waals surface area (Å²) in [6.45, 7) is 0.0213. The number of halogens is 1. The molecular formula is C17H16ClNO4. The fourth-order valence-electron chi connectivity index (χ4n) is 2.02. The minimum Gasteiger partial charge on any atom is -0.482 e. The smallest absolute Gasteiger partial charge is 0.341 e. The Balaban J connectivity index is 2.00. The topological polar surface area (TPSA) is 66.8 Å². The monoisotopic (exact) mass is 333 g/mol. The zero-order valence-corrected chi connectivity index (χ0v) is 13.3. The van der Waals surface area contributed by atoms with Gasteiger partial charge >= 0.3 is 5.97 Å². The van der Waals surface area contributed by atoms with Crippen molar-refractivity contribution in [2.24, 2.45) is 0 Å². The maximum Gasteiger partial charge on any atom is 0.341 e. The molecule has 0 bridgehead atoms. The Morgan fingerprint density at radius 3 is 2.39 bits per heavy atom. The quantitative estimate of drug-likeness (QED) is 0.882. The summed E-state index contributed by atoms with van der Waals surface area (Å²) >= 11 is 6.04. The van der Waals surface area contributed by atoms with Crippen molar-refractivity contribution in [2.75, 3.05) is 13.7 Å². The Hall–Kier alpha value is -2.53. The molecule has 5 nitrogen and oxygen atoms in total. The minimum atomic E-state index is -1.03. The molecule has 0 aliphatic carbocycles. The number of nitrogens with zero attached hydrogens (tertiary/aromatic N) is 1. The molecule has 6 heteroatoms. The third-order valence-corrected chi connectivity index (χ3v) is 3.49. The fourth-order valence-corrected chi connectivity index (χ4v) is 2.24. The zero-order valence-electron chi connectivity index (χ0n) is 12.5. The predicted octanol–water partition coefficient (Wildman–Crippen LogP) is 3.08. The van der Waals surface area contributed by atoms with Crippen LogP contribution < -0.4 is 4.74 Å². The van der Waals surface area contributed by atoms with Gasteiger partial charge in [-0.2, -0.15) is 0 Å². The van der Waals surface area contributed by atoms with E-state index in [2.05, 4.69) is 0 Å². The van der Waals surface area contributed by atoms with E-state index in [-0.39, 0.29) is 12.5 Å². The summed E-state index contributed by atoms with van der Waals surface area (Å²) < 4.78 is 5.06. The van der Waals surface area contributed by atoms with Gasteiger partial charge in [0.1, 0.15) is 5.75 Å². The van der Waals surface area contributed by atoms with Crippen LogP contribution in [0.15, 0.2) is 48.5 Å². The highest BCUT2D eigenvalue weighted by atomic mass is 35.5. The van der Waals surface area contributed by atoms with E-state index < -0.39 is 5.97 Å². The highest BCUT2D eigenvalue weighted by Crippen LogP contribution is 2.18. The number of carboxylic acid groups (broad SMARTS) is 1. The Morgan fingerprint density at radius 2 is 1.78 bits per heavy atom. The first-order valence-electron chi connectivity index (χ1n) is 6.91. The first-order valence-corrected chi connectivity index (χ1v) is 7.28. The third kappa shape index (κ3) is 4.72. The van der Waals surface area contributed by atoms with Crippen LogP contribution in [0.25, 0.3) is 0 Å². The average molecular weight is 334 g/mol. The summed E-state index contributed by atoms with van der Waals surface area (Å²) in [6.07, 6.45) is 0. The number of ether oxygens (including phenoxy) is 1. The molecule has 0 unspecified atom stereocenters. The van der Waals surface area contributed by atoms with Crippen LogP contribution in [0.1, 0.15) is 15.9 Å². The molecule has 0 aliphatic rings. The lowest BCUT2D eigenvalue weighted by Gasteiger charge is -2.18. The minimum absolute atomic E-state index is 0.165. The third-order valence-electron chi connectivity index (χ3n) is 3.16. The maximum atomic E-state index is 12.4. The van der Waals surface area contributed by atoms with Gasteiger partial charge in [-0.3, -0.25) is 4.79 Å². The number of carbonyl (C=O) groups excluding carboxylic acids is 1. The number of rotatable bonds is 6. The summed E-state index contributed by atoms with van der Waals surface area (Å²) in [6, 6.07) is 13.8. The second-order valence-corrected chi connectivity index (χ2v) is 5.37. The first kappa shape index (κ1) is 16.8. The Kier molecular flexibility index (Phi) is 5.60. The van der Waals surface area contributed by atoms with Crippen LogP contribution in [-0.4, -0.2) is 35.5 Å². The molecule has 2 aromatic rings. The van der Waals surface area contributed by atoms with Crippen LogP contribution in [0, 0.1) is 0 Å². The Morgan fingerprint density at radius 1 is 1.13 bits per heavy atom. The lowest BCUT2D eigenvalue weighted by molar-refractivity contribution is -0.139. The van der Waals surface area contributed by atoms with Gasteiger partial charge in [0.25, 0.3) is 5.91 Å².